The van der Waals surface area contributed by atoms with Crippen LogP contribution in [-0.2, 0) is 9.53 Å². The van der Waals surface area contributed by atoms with Crippen molar-refractivity contribution in [3.8, 4) is 0 Å². The topological polar surface area (TPSA) is 78.5 Å². The Labute approximate surface area is 155 Å². The molecule has 0 bridgehead atoms. The Bertz CT molecular complexity index is 248. The summed E-state index contributed by atoms with van der Waals surface area (Å²) in [6.45, 7) is 8.47. The van der Waals surface area contributed by atoms with Crippen molar-refractivity contribution in [1.29, 1.82) is 0 Å². The molecule has 0 aromatic carbocycles. The molecule has 1 atom stereocenters. The molecule has 0 heterocycles. The minimum absolute atomic E-state index is 0. The first-order valence-electron chi connectivity index (χ1n) is 4.84. The molecular formula is C10H18CsNO4. The third-order valence-corrected chi connectivity index (χ3v) is 1.59. The number of ether oxygens (including phenoxy) is 1. The second-order valence-electron chi connectivity index (χ2n) is 4.69. The minimum Gasteiger partial charge on any atom is -0.548 e. The Hall–Kier alpha value is 0.792. The van der Waals surface area contributed by atoms with Gasteiger partial charge in [0.05, 0.1) is 12.0 Å². The van der Waals surface area contributed by atoms with Crippen LogP contribution in [0.1, 0.15) is 34.6 Å². The van der Waals surface area contributed by atoms with E-state index in [1.165, 1.54) is 0 Å². The third kappa shape index (κ3) is 8.89. The number of carbonyl (C=O) groups excluding carboxylic acids is 2. The van der Waals surface area contributed by atoms with Gasteiger partial charge in [0.25, 0.3) is 0 Å². The maximum atomic E-state index is 11.3. The standard InChI is InChI=1S/C10H19NO4.Cs/c1-6(2)7(8(12)13)11-9(14)15-10(3,4)5;/h6-7H,1-5H3,(H,11,14)(H,12,13);/q;+1/p-1. The normalized spacial score (nSPS) is 12.6. The summed E-state index contributed by atoms with van der Waals surface area (Å²) in [7, 11) is 0. The van der Waals surface area contributed by atoms with Gasteiger partial charge in [-0.3, -0.25) is 0 Å². The molecule has 16 heavy (non-hydrogen) atoms. The zero-order valence-corrected chi connectivity index (χ0v) is 17.1. The van der Waals surface area contributed by atoms with Crippen LogP contribution < -0.4 is 79.3 Å². The molecule has 0 radical (unpaired) electrons. The number of nitrogens with one attached hydrogen (secondary N) is 1. The van der Waals surface area contributed by atoms with Crippen molar-refractivity contribution in [1.82, 2.24) is 5.32 Å². The van der Waals surface area contributed by atoms with E-state index in [0.717, 1.165) is 0 Å². The Morgan fingerprint density at radius 1 is 1.25 bits per heavy atom. The minimum atomic E-state index is -1.31. The molecule has 0 spiro atoms. The van der Waals surface area contributed by atoms with Gasteiger partial charge in [0.2, 0.25) is 0 Å². The molecule has 1 amide bonds. The number of carboxylic acids is 1. The molecule has 5 nitrogen and oxygen atoms in total. The molecule has 0 fully saturated rings. The second kappa shape index (κ2) is 7.99. The van der Waals surface area contributed by atoms with Crippen LogP contribution in [0.5, 0.6) is 0 Å². The van der Waals surface area contributed by atoms with Crippen molar-refractivity contribution >= 4 is 12.1 Å². The molecule has 1 N–H and O–H groups in total. The molecular weight excluding hydrogens is 331 g/mol. The van der Waals surface area contributed by atoms with E-state index in [1.807, 2.05) is 0 Å². The summed E-state index contributed by atoms with van der Waals surface area (Å²) >= 11 is 0. The van der Waals surface area contributed by atoms with Crippen molar-refractivity contribution in [2.24, 2.45) is 5.92 Å². The average Bonchev–Trinajstić information content (AvgIpc) is 1.95. The maximum Gasteiger partial charge on any atom is 1.00 e. The summed E-state index contributed by atoms with van der Waals surface area (Å²) in [6.07, 6.45) is -0.745. The Balaban J connectivity index is 0. The van der Waals surface area contributed by atoms with E-state index in [0.29, 0.717) is 0 Å². The smallest absolute Gasteiger partial charge is 0.548 e. The fourth-order valence-corrected chi connectivity index (χ4v) is 0.932. The van der Waals surface area contributed by atoms with Crippen molar-refractivity contribution in [2.75, 3.05) is 0 Å². The van der Waals surface area contributed by atoms with E-state index >= 15 is 0 Å². The summed E-state index contributed by atoms with van der Waals surface area (Å²) in [4.78, 5) is 21.9. The first-order chi connectivity index (χ1) is 6.63. The van der Waals surface area contributed by atoms with E-state index in [2.05, 4.69) is 5.32 Å². The number of hydrogen-bond acceptors (Lipinski definition) is 4. The van der Waals surface area contributed by atoms with Gasteiger partial charge in [-0.25, -0.2) is 4.79 Å². The van der Waals surface area contributed by atoms with Crippen LogP contribution in [0.4, 0.5) is 4.79 Å². The van der Waals surface area contributed by atoms with Gasteiger partial charge in [0, 0.05) is 0 Å². The average molecular weight is 349 g/mol. The molecule has 0 rings (SSSR count). The number of carboxylic acid groups (broad SMARTS) is 1. The summed E-state index contributed by atoms with van der Waals surface area (Å²) in [5.74, 6) is -1.56. The Morgan fingerprint density at radius 3 is 1.94 bits per heavy atom. The number of aliphatic carboxylic acids is 1. The first-order valence-corrected chi connectivity index (χ1v) is 4.84. The van der Waals surface area contributed by atoms with Crippen LogP contribution in [0.15, 0.2) is 0 Å². The first kappa shape index (κ1) is 19.1. The van der Waals surface area contributed by atoms with Crippen molar-refractivity contribution in [3.63, 3.8) is 0 Å². The molecule has 1 unspecified atom stereocenters. The predicted octanol–water partition coefficient (Wildman–Crippen LogP) is -2.71. The van der Waals surface area contributed by atoms with Gasteiger partial charge < -0.3 is 20.0 Å². The van der Waals surface area contributed by atoms with Crippen LogP contribution in [0, 0.1) is 5.92 Å². The van der Waals surface area contributed by atoms with E-state index < -0.39 is 23.7 Å². The third-order valence-electron chi connectivity index (χ3n) is 1.59. The second-order valence-corrected chi connectivity index (χ2v) is 4.69. The maximum absolute atomic E-state index is 11.3. The molecule has 0 aliphatic carbocycles. The van der Waals surface area contributed by atoms with Crippen molar-refractivity contribution in [2.45, 2.75) is 46.3 Å². The molecule has 0 aliphatic rings. The molecule has 0 saturated heterocycles. The van der Waals surface area contributed by atoms with E-state index in [-0.39, 0.29) is 74.8 Å². The summed E-state index contributed by atoms with van der Waals surface area (Å²) in [5.41, 5.74) is -0.641. The Kier molecular flexibility index (Phi) is 9.56. The number of amides is 1. The van der Waals surface area contributed by atoms with Gasteiger partial charge in [-0.2, -0.15) is 0 Å². The summed E-state index contributed by atoms with van der Waals surface area (Å²) in [5, 5.41) is 12.9. The summed E-state index contributed by atoms with van der Waals surface area (Å²) in [6, 6.07) is -1.03. The number of alkyl carbamates (subject to hydrolysis) is 1. The zero-order valence-electron chi connectivity index (χ0n) is 10.8. The molecule has 6 heteroatoms. The van der Waals surface area contributed by atoms with Gasteiger partial charge in [-0.15, -0.1) is 0 Å². The number of rotatable bonds is 3. The largest absolute Gasteiger partial charge is 1.00 e. The predicted molar refractivity (Wildman–Crippen MR) is 53.0 cm³/mol. The van der Waals surface area contributed by atoms with Crippen LogP contribution in [-0.4, -0.2) is 23.7 Å². The SMILES string of the molecule is CC(C)C(NC(=O)OC(C)(C)C)C(=O)[O-].[Cs+]. The van der Waals surface area contributed by atoms with Crippen molar-refractivity contribution < 1.29 is 88.3 Å². The monoisotopic (exact) mass is 349 g/mol. The molecule has 0 aliphatic heterocycles. The molecule has 88 valence electrons. The van der Waals surface area contributed by atoms with Gasteiger partial charge in [0.1, 0.15) is 5.60 Å². The van der Waals surface area contributed by atoms with Crippen LogP contribution in [0.3, 0.4) is 0 Å². The van der Waals surface area contributed by atoms with Crippen LogP contribution in [0.25, 0.3) is 0 Å². The summed E-state index contributed by atoms with van der Waals surface area (Å²) < 4.78 is 4.93. The zero-order chi connectivity index (χ0) is 12.2. The molecule has 0 aromatic rings. The number of hydrogen-bond donors (Lipinski definition) is 1. The fraction of sp³-hybridized carbons (Fsp3) is 0.800. The van der Waals surface area contributed by atoms with Crippen molar-refractivity contribution in [3.05, 3.63) is 0 Å². The van der Waals surface area contributed by atoms with Gasteiger partial charge in [0.15, 0.2) is 0 Å². The Morgan fingerprint density at radius 2 is 1.69 bits per heavy atom. The van der Waals surface area contributed by atoms with Gasteiger partial charge in [-0.05, 0) is 26.7 Å². The fourth-order valence-electron chi connectivity index (χ4n) is 0.932. The quantitative estimate of drug-likeness (QED) is 0.601. The van der Waals surface area contributed by atoms with Gasteiger partial charge >= 0.3 is 75.0 Å². The van der Waals surface area contributed by atoms with E-state index in [9.17, 15) is 14.7 Å². The van der Waals surface area contributed by atoms with E-state index in [4.69, 9.17) is 4.74 Å². The number of carbonyl (C=O) groups is 2. The molecule has 0 saturated carbocycles. The van der Waals surface area contributed by atoms with Gasteiger partial charge in [-0.1, -0.05) is 13.8 Å². The van der Waals surface area contributed by atoms with Crippen LogP contribution in [0.2, 0.25) is 0 Å². The molecule has 0 aromatic heterocycles. The van der Waals surface area contributed by atoms with Crippen LogP contribution >= 0.6 is 0 Å². The van der Waals surface area contributed by atoms with E-state index in [1.54, 1.807) is 34.6 Å².